The molecule has 1 heterocycles. The maximum atomic E-state index is 12.5. The zero-order chi connectivity index (χ0) is 18.5. The minimum atomic E-state index is -0.252. The maximum absolute atomic E-state index is 12.5. The van der Waals surface area contributed by atoms with Gasteiger partial charge in [0.1, 0.15) is 5.82 Å². The lowest BCUT2D eigenvalue weighted by Gasteiger charge is -2.12. The summed E-state index contributed by atoms with van der Waals surface area (Å²) in [5, 5.41) is 6.02. The van der Waals surface area contributed by atoms with E-state index in [0.29, 0.717) is 23.0 Å². The third kappa shape index (κ3) is 4.36. The second-order valence-electron chi connectivity index (χ2n) is 6.20. The number of hydrogen-bond donors (Lipinski definition) is 3. The van der Waals surface area contributed by atoms with Crippen molar-refractivity contribution in [2.75, 3.05) is 16.4 Å². The highest BCUT2D eigenvalue weighted by Gasteiger charge is 2.11. The summed E-state index contributed by atoms with van der Waals surface area (Å²) in [6.45, 7) is 4.01. The third-order valence-electron chi connectivity index (χ3n) is 3.63. The summed E-state index contributed by atoms with van der Waals surface area (Å²) in [4.78, 5) is 21.4. The van der Waals surface area contributed by atoms with Gasteiger partial charge in [0, 0.05) is 28.9 Å². The van der Waals surface area contributed by atoms with Crippen molar-refractivity contribution in [3.8, 4) is 11.3 Å². The Kier molecular flexibility index (Phi) is 5.12. The van der Waals surface area contributed by atoms with Crippen LogP contribution in [0.5, 0.6) is 0 Å². The van der Waals surface area contributed by atoms with E-state index in [2.05, 4.69) is 20.6 Å². The lowest BCUT2D eigenvalue weighted by atomic mass is 10.1. The average Bonchev–Trinajstić information content (AvgIpc) is 2.62. The Balaban J connectivity index is 1.92. The molecule has 1 amide bonds. The van der Waals surface area contributed by atoms with Gasteiger partial charge >= 0.3 is 0 Å². The van der Waals surface area contributed by atoms with Gasteiger partial charge in [-0.3, -0.25) is 4.79 Å². The number of carbonyl (C=O) groups is 1. The van der Waals surface area contributed by atoms with Crippen molar-refractivity contribution in [3.05, 3.63) is 66.2 Å². The van der Waals surface area contributed by atoms with Gasteiger partial charge in [-0.1, -0.05) is 30.3 Å². The molecule has 0 spiro atoms. The van der Waals surface area contributed by atoms with Gasteiger partial charge in [-0.15, -0.1) is 0 Å². The molecule has 0 saturated heterocycles. The number of benzene rings is 2. The van der Waals surface area contributed by atoms with E-state index < -0.39 is 0 Å². The largest absolute Gasteiger partial charge is 0.399 e. The fourth-order valence-corrected chi connectivity index (χ4v) is 2.41. The number of nitrogens with two attached hydrogens (primary N) is 1. The van der Waals surface area contributed by atoms with Gasteiger partial charge in [0.05, 0.1) is 5.69 Å². The Morgan fingerprint density at radius 2 is 1.69 bits per heavy atom. The molecule has 6 heteroatoms. The van der Waals surface area contributed by atoms with Crippen LogP contribution in [0.1, 0.15) is 24.2 Å². The van der Waals surface area contributed by atoms with E-state index >= 15 is 0 Å². The highest BCUT2D eigenvalue weighted by molar-refractivity contribution is 6.04. The Bertz CT molecular complexity index is 892. The molecule has 3 aromatic rings. The molecule has 0 saturated carbocycles. The minimum Gasteiger partial charge on any atom is -0.399 e. The topological polar surface area (TPSA) is 92.9 Å². The van der Waals surface area contributed by atoms with Crippen LogP contribution in [-0.4, -0.2) is 21.9 Å². The van der Waals surface area contributed by atoms with Crippen molar-refractivity contribution in [1.82, 2.24) is 9.97 Å². The highest BCUT2D eigenvalue weighted by Crippen LogP contribution is 2.22. The standard InChI is InChI=1S/C20H21N5O/c1-13(2)22-20-23-17(14-6-4-3-5-7-14)12-18(25-20)24-19(26)15-8-10-16(21)11-9-15/h3-13H,21H2,1-2H3,(H2,22,23,24,25,26). The van der Waals surface area contributed by atoms with Crippen LogP contribution in [0.2, 0.25) is 0 Å². The fourth-order valence-electron chi connectivity index (χ4n) is 2.41. The van der Waals surface area contributed by atoms with E-state index in [0.717, 1.165) is 11.3 Å². The molecule has 0 unspecified atom stereocenters. The second kappa shape index (κ2) is 7.65. The van der Waals surface area contributed by atoms with Crippen molar-refractivity contribution < 1.29 is 4.79 Å². The lowest BCUT2D eigenvalue weighted by molar-refractivity contribution is 0.102. The van der Waals surface area contributed by atoms with Crippen molar-refractivity contribution in [1.29, 1.82) is 0 Å². The summed E-state index contributed by atoms with van der Waals surface area (Å²) < 4.78 is 0. The SMILES string of the molecule is CC(C)Nc1nc(NC(=O)c2ccc(N)cc2)cc(-c2ccccc2)n1. The quantitative estimate of drug-likeness (QED) is 0.611. The monoisotopic (exact) mass is 347 g/mol. The van der Waals surface area contributed by atoms with Gasteiger partial charge in [0.25, 0.3) is 5.91 Å². The number of carbonyl (C=O) groups excluding carboxylic acids is 1. The molecular weight excluding hydrogens is 326 g/mol. The Morgan fingerprint density at radius 1 is 1.00 bits per heavy atom. The van der Waals surface area contributed by atoms with Crippen molar-refractivity contribution >= 4 is 23.4 Å². The van der Waals surface area contributed by atoms with Gasteiger partial charge in [-0.05, 0) is 38.1 Å². The number of hydrogen-bond acceptors (Lipinski definition) is 5. The number of aromatic nitrogens is 2. The normalized spacial score (nSPS) is 10.6. The van der Waals surface area contributed by atoms with Crippen LogP contribution in [0, 0.1) is 0 Å². The molecule has 0 atom stereocenters. The van der Waals surface area contributed by atoms with Crippen molar-refractivity contribution in [2.45, 2.75) is 19.9 Å². The van der Waals surface area contributed by atoms with E-state index in [9.17, 15) is 4.79 Å². The van der Waals surface area contributed by atoms with E-state index in [1.54, 1.807) is 30.3 Å². The zero-order valence-electron chi connectivity index (χ0n) is 14.7. The van der Waals surface area contributed by atoms with E-state index in [-0.39, 0.29) is 11.9 Å². The summed E-state index contributed by atoms with van der Waals surface area (Å²) in [6.07, 6.45) is 0. The van der Waals surface area contributed by atoms with Gasteiger partial charge in [0.15, 0.2) is 0 Å². The summed E-state index contributed by atoms with van der Waals surface area (Å²) >= 11 is 0. The van der Waals surface area contributed by atoms with Gasteiger partial charge in [-0.25, -0.2) is 4.98 Å². The number of nitrogen functional groups attached to an aromatic ring is 1. The van der Waals surface area contributed by atoms with Crippen LogP contribution >= 0.6 is 0 Å². The Morgan fingerprint density at radius 3 is 2.35 bits per heavy atom. The molecule has 0 aliphatic carbocycles. The molecule has 0 aliphatic heterocycles. The van der Waals surface area contributed by atoms with Crippen molar-refractivity contribution in [3.63, 3.8) is 0 Å². The Labute approximate surface area is 152 Å². The molecule has 3 rings (SSSR count). The zero-order valence-corrected chi connectivity index (χ0v) is 14.7. The first-order valence-corrected chi connectivity index (χ1v) is 8.39. The molecule has 0 radical (unpaired) electrons. The summed E-state index contributed by atoms with van der Waals surface area (Å²) in [6, 6.07) is 18.4. The summed E-state index contributed by atoms with van der Waals surface area (Å²) in [7, 11) is 0. The van der Waals surface area contributed by atoms with Gasteiger partial charge in [-0.2, -0.15) is 4.98 Å². The smallest absolute Gasteiger partial charge is 0.256 e. The van der Waals surface area contributed by atoms with E-state index in [4.69, 9.17) is 5.73 Å². The number of nitrogens with one attached hydrogen (secondary N) is 2. The maximum Gasteiger partial charge on any atom is 0.256 e. The van der Waals surface area contributed by atoms with Crippen LogP contribution in [-0.2, 0) is 0 Å². The van der Waals surface area contributed by atoms with Gasteiger partial charge in [0.2, 0.25) is 5.95 Å². The first-order valence-electron chi connectivity index (χ1n) is 8.39. The predicted molar refractivity (Wildman–Crippen MR) is 105 cm³/mol. The first-order chi connectivity index (χ1) is 12.5. The molecule has 6 nitrogen and oxygen atoms in total. The molecule has 4 N–H and O–H groups in total. The number of anilines is 3. The Hall–Kier alpha value is -3.41. The molecular formula is C20H21N5O. The third-order valence-corrected chi connectivity index (χ3v) is 3.63. The number of rotatable bonds is 5. The molecule has 0 bridgehead atoms. The highest BCUT2D eigenvalue weighted by atomic mass is 16.1. The van der Waals surface area contributed by atoms with Crippen LogP contribution in [0.3, 0.4) is 0 Å². The van der Waals surface area contributed by atoms with E-state index in [1.165, 1.54) is 0 Å². The second-order valence-corrected chi connectivity index (χ2v) is 6.20. The van der Waals surface area contributed by atoms with Crippen molar-refractivity contribution in [2.24, 2.45) is 0 Å². The average molecular weight is 347 g/mol. The van der Waals surface area contributed by atoms with Crippen LogP contribution in [0.4, 0.5) is 17.5 Å². The van der Waals surface area contributed by atoms with E-state index in [1.807, 2.05) is 44.2 Å². The van der Waals surface area contributed by atoms with Crippen LogP contribution in [0.25, 0.3) is 11.3 Å². The molecule has 0 aliphatic rings. The molecule has 26 heavy (non-hydrogen) atoms. The number of nitrogens with zero attached hydrogens (tertiary/aromatic N) is 2. The van der Waals surface area contributed by atoms with Crippen LogP contribution in [0.15, 0.2) is 60.7 Å². The summed E-state index contributed by atoms with van der Waals surface area (Å²) in [5.41, 5.74) is 8.47. The lowest BCUT2D eigenvalue weighted by Crippen LogP contribution is -2.16. The molecule has 0 fully saturated rings. The minimum absolute atomic E-state index is 0.168. The van der Waals surface area contributed by atoms with Crippen LogP contribution < -0.4 is 16.4 Å². The first kappa shape index (κ1) is 17.4. The fraction of sp³-hybridized carbons (Fsp3) is 0.150. The van der Waals surface area contributed by atoms with Gasteiger partial charge < -0.3 is 16.4 Å². The molecule has 132 valence electrons. The predicted octanol–water partition coefficient (Wildman–Crippen LogP) is 3.80. The molecule has 1 aromatic heterocycles. The molecule has 2 aromatic carbocycles. The number of amides is 1. The summed E-state index contributed by atoms with van der Waals surface area (Å²) in [5.74, 6) is 0.649.